The highest BCUT2D eigenvalue weighted by Crippen LogP contribution is 2.20. The van der Waals surface area contributed by atoms with Gasteiger partial charge >= 0.3 is 0 Å². The molecule has 2 rings (SSSR count). The van der Waals surface area contributed by atoms with Crippen LogP contribution in [-0.2, 0) is 12.8 Å². The monoisotopic (exact) mass is 270 g/mol. The minimum absolute atomic E-state index is 0.723. The highest BCUT2D eigenvalue weighted by molar-refractivity contribution is 5.57. The Morgan fingerprint density at radius 1 is 1.10 bits per heavy atom. The minimum atomic E-state index is 0.723. The molecule has 0 saturated heterocycles. The Balaban J connectivity index is 2.44. The summed E-state index contributed by atoms with van der Waals surface area (Å²) in [6, 6.07) is 6.07. The third-order valence-corrected chi connectivity index (χ3v) is 3.18. The van der Waals surface area contributed by atoms with Crippen molar-refractivity contribution in [2.75, 3.05) is 11.9 Å². The van der Waals surface area contributed by atoms with E-state index >= 15 is 0 Å². The van der Waals surface area contributed by atoms with Crippen LogP contribution >= 0.6 is 0 Å². The van der Waals surface area contributed by atoms with Crippen LogP contribution in [0.25, 0.3) is 11.5 Å². The SMILES string of the molecule is CCCNc1cc(CC)nc(-c2ncccc2CC)n1. The number of anilines is 1. The van der Waals surface area contributed by atoms with E-state index in [1.165, 1.54) is 5.56 Å². The smallest absolute Gasteiger partial charge is 0.180 e. The summed E-state index contributed by atoms with van der Waals surface area (Å²) in [7, 11) is 0. The number of aromatic nitrogens is 3. The Morgan fingerprint density at radius 2 is 1.95 bits per heavy atom. The lowest BCUT2D eigenvalue weighted by Crippen LogP contribution is -2.06. The molecule has 2 heterocycles. The van der Waals surface area contributed by atoms with E-state index in [1.54, 1.807) is 6.20 Å². The second kappa shape index (κ2) is 6.98. The van der Waals surface area contributed by atoms with E-state index in [4.69, 9.17) is 0 Å². The molecule has 0 saturated carbocycles. The van der Waals surface area contributed by atoms with Gasteiger partial charge in [0.15, 0.2) is 5.82 Å². The average Bonchev–Trinajstić information content (AvgIpc) is 2.52. The van der Waals surface area contributed by atoms with Gasteiger partial charge in [0.25, 0.3) is 0 Å². The van der Waals surface area contributed by atoms with Crippen LogP contribution < -0.4 is 5.32 Å². The molecule has 4 heteroatoms. The van der Waals surface area contributed by atoms with Gasteiger partial charge in [-0.2, -0.15) is 0 Å². The molecule has 0 aliphatic carbocycles. The first-order chi connectivity index (χ1) is 9.78. The fraction of sp³-hybridized carbons (Fsp3) is 0.438. The van der Waals surface area contributed by atoms with Crippen LogP contribution in [0, 0.1) is 0 Å². The molecule has 0 aliphatic heterocycles. The lowest BCUT2D eigenvalue weighted by atomic mass is 10.1. The maximum atomic E-state index is 4.63. The van der Waals surface area contributed by atoms with Gasteiger partial charge in [0.2, 0.25) is 0 Å². The molecule has 106 valence electrons. The molecule has 1 N–H and O–H groups in total. The summed E-state index contributed by atoms with van der Waals surface area (Å²) >= 11 is 0. The van der Waals surface area contributed by atoms with Crippen LogP contribution in [0.1, 0.15) is 38.4 Å². The Kier molecular flexibility index (Phi) is 5.04. The molecule has 20 heavy (non-hydrogen) atoms. The van der Waals surface area contributed by atoms with Crippen LogP contribution in [0.15, 0.2) is 24.4 Å². The van der Waals surface area contributed by atoms with Gasteiger partial charge in [0, 0.05) is 24.5 Å². The van der Waals surface area contributed by atoms with Gasteiger partial charge < -0.3 is 5.32 Å². The molecule has 0 aliphatic rings. The largest absolute Gasteiger partial charge is 0.370 e. The Bertz CT molecular complexity index is 566. The first kappa shape index (κ1) is 14.4. The van der Waals surface area contributed by atoms with Gasteiger partial charge in [-0.3, -0.25) is 4.98 Å². The molecular formula is C16H22N4. The number of hydrogen-bond donors (Lipinski definition) is 1. The average molecular weight is 270 g/mol. The molecule has 0 atom stereocenters. The normalized spacial score (nSPS) is 10.6. The molecule has 0 unspecified atom stereocenters. The second-order valence-corrected chi connectivity index (χ2v) is 4.71. The van der Waals surface area contributed by atoms with E-state index in [9.17, 15) is 0 Å². The quantitative estimate of drug-likeness (QED) is 0.873. The van der Waals surface area contributed by atoms with Gasteiger partial charge in [0.1, 0.15) is 11.5 Å². The number of hydrogen-bond acceptors (Lipinski definition) is 4. The number of nitrogens with zero attached hydrogens (tertiary/aromatic N) is 3. The van der Waals surface area contributed by atoms with Crippen molar-refractivity contribution in [1.82, 2.24) is 15.0 Å². The van der Waals surface area contributed by atoms with Crippen molar-refractivity contribution < 1.29 is 0 Å². The molecular weight excluding hydrogens is 248 g/mol. The predicted molar refractivity (Wildman–Crippen MR) is 82.8 cm³/mol. The number of rotatable bonds is 6. The zero-order valence-electron chi connectivity index (χ0n) is 12.5. The molecule has 0 amide bonds. The molecule has 2 aromatic rings. The maximum absolute atomic E-state index is 4.63. The molecule has 0 radical (unpaired) electrons. The Labute approximate surface area is 120 Å². The third kappa shape index (κ3) is 3.32. The molecule has 0 spiro atoms. The second-order valence-electron chi connectivity index (χ2n) is 4.71. The Morgan fingerprint density at radius 3 is 2.65 bits per heavy atom. The summed E-state index contributed by atoms with van der Waals surface area (Å²) < 4.78 is 0. The first-order valence-electron chi connectivity index (χ1n) is 7.34. The summed E-state index contributed by atoms with van der Waals surface area (Å²) in [6.07, 6.45) is 4.70. The summed E-state index contributed by atoms with van der Waals surface area (Å²) in [4.78, 5) is 13.7. The fourth-order valence-electron chi connectivity index (χ4n) is 2.05. The summed E-state index contributed by atoms with van der Waals surface area (Å²) in [5.41, 5.74) is 3.12. The van der Waals surface area contributed by atoms with Gasteiger partial charge in [-0.15, -0.1) is 0 Å². The molecule has 0 bridgehead atoms. The lowest BCUT2D eigenvalue weighted by molar-refractivity contribution is 0.946. The fourth-order valence-corrected chi connectivity index (χ4v) is 2.05. The van der Waals surface area contributed by atoms with Crippen LogP contribution in [0.4, 0.5) is 5.82 Å². The zero-order valence-corrected chi connectivity index (χ0v) is 12.5. The number of nitrogens with one attached hydrogen (secondary N) is 1. The van der Waals surface area contributed by atoms with Gasteiger partial charge in [-0.1, -0.05) is 26.8 Å². The number of aryl methyl sites for hydroxylation is 2. The molecule has 2 aromatic heterocycles. The van der Waals surface area contributed by atoms with E-state index in [1.807, 2.05) is 12.1 Å². The predicted octanol–water partition coefficient (Wildman–Crippen LogP) is 3.49. The van der Waals surface area contributed by atoms with E-state index in [-0.39, 0.29) is 0 Å². The van der Waals surface area contributed by atoms with E-state index in [0.717, 1.165) is 48.8 Å². The molecule has 0 fully saturated rings. The van der Waals surface area contributed by atoms with Crippen molar-refractivity contribution in [2.45, 2.75) is 40.0 Å². The zero-order chi connectivity index (χ0) is 14.4. The minimum Gasteiger partial charge on any atom is -0.370 e. The highest BCUT2D eigenvalue weighted by atomic mass is 15.0. The topological polar surface area (TPSA) is 50.7 Å². The first-order valence-corrected chi connectivity index (χ1v) is 7.34. The molecule has 4 nitrogen and oxygen atoms in total. The summed E-state index contributed by atoms with van der Waals surface area (Å²) in [6.45, 7) is 7.29. The highest BCUT2D eigenvalue weighted by Gasteiger charge is 2.10. The van der Waals surface area contributed by atoms with Crippen molar-refractivity contribution in [3.63, 3.8) is 0 Å². The van der Waals surface area contributed by atoms with Crippen molar-refractivity contribution in [1.29, 1.82) is 0 Å². The summed E-state index contributed by atoms with van der Waals surface area (Å²) in [5.74, 6) is 1.61. The maximum Gasteiger partial charge on any atom is 0.180 e. The molecule has 0 aromatic carbocycles. The summed E-state index contributed by atoms with van der Waals surface area (Å²) in [5, 5.41) is 3.34. The standard InChI is InChI=1S/C16H22N4/c1-4-9-17-14-11-13(6-3)19-16(20-14)15-12(5-2)8-7-10-18-15/h7-8,10-11H,4-6,9H2,1-3H3,(H,17,19,20). The van der Waals surface area contributed by atoms with Crippen molar-refractivity contribution in [3.05, 3.63) is 35.7 Å². The van der Waals surface area contributed by atoms with Gasteiger partial charge in [0.05, 0.1) is 0 Å². The van der Waals surface area contributed by atoms with Crippen LogP contribution in [-0.4, -0.2) is 21.5 Å². The van der Waals surface area contributed by atoms with Crippen LogP contribution in [0.2, 0.25) is 0 Å². The van der Waals surface area contributed by atoms with Gasteiger partial charge in [-0.25, -0.2) is 9.97 Å². The van der Waals surface area contributed by atoms with Crippen LogP contribution in [0.5, 0.6) is 0 Å². The van der Waals surface area contributed by atoms with Crippen molar-refractivity contribution >= 4 is 5.82 Å². The number of pyridine rings is 1. The van der Waals surface area contributed by atoms with Crippen molar-refractivity contribution in [3.8, 4) is 11.5 Å². The van der Waals surface area contributed by atoms with Crippen LogP contribution in [0.3, 0.4) is 0 Å². The van der Waals surface area contributed by atoms with E-state index < -0.39 is 0 Å². The van der Waals surface area contributed by atoms with E-state index in [0.29, 0.717) is 0 Å². The van der Waals surface area contributed by atoms with Gasteiger partial charge in [-0.05, 0) is 30.9 Å². The Hall–Kier alpha value is -1.97. The lowest BCUT2D eigenvalue weighted by Gasteiger charge is -2.10. The third-order valence-electron chi connectivity index (χ3n) is 3.18. The van der Waals surface area contributed by atoms with Crippen molar-refractivity contribution in [2.24, 2.45) is 0 Å². The van der Waals surface area contributed by atoms with E-state index in [2.05, 4.69) is 47.1 Å².